The van der Waals surface area contributed by atoms with Crippen LogP contribution in [0.15, 0.2) is 18.2 Å². The van der Waals surface area contributed by atoms with E-state index in [0.717, 1.165) is 24.1 Å². The first-order valence-electron chi connectivity index (χ1n) is 4.26. The van der Waals surface area contributed by atoms with E-state index in [0.29, 0.717) is 12.1 Å². The van der Waals surface area contributed by atoms with Gasteiger partial charge in [0.15, 0.2) is 0 Å². The van der Waals surface area contributed by atoms with Gasteiger partial charge in [0.25, 0.3) is 0 Å². The van der Waals surface area contributed by atoms with Gasteiger partial charge in [0, 0.05) is 13.1 Å². The number of carboxylic acid groups (broad SMARTS) is 1. The van der Waals surface area contributed by atoms with Gasteiger partial charge in [0.2, 0.25) is 0 Å². The summed E-state index contributed by atoms with van der Waals surface area (Å²) < 4.78 is 0. The van der Waals surface area contributed by atoms with Gasteiger partial charge in [0.05, 0.1) is 5.56 Å². The van der Waals surface area contributed by atoms with Crippen LogP contribution in [0.2, 0.25) is 0 Å². The third kappa shape index (κ3) is 1.42. The summed E-state index contributed by atoms with van der Waals surface area (Å²) in [4.78, 5) is 10.8. The quantitative estimate of drug-likeness (QED) is 0.695. The Kier molecular flexibility index (Phi) is 2.02. The summed E-state index contributed by atoms with van der Waals surface area (Å²) in [5.41, 5.74) is 2.46. The molecule has 1 aliphatic rings. The summed E-state index contributed by atoms with van der Waals surface area (Å²) >= 11 is 0. The summed E-state index contributed by atoms with van der Waals surface area (Å²) in [6, 6.07) is 5.39. The highest BCUT2D eigenvalue weighted by atomic mass is 16.4. The Morgan fingerprint density at radius 3 is 3.08 bits per heavy atom. The fourth-order valence-electron chi connectivity index (χ4n) is 1.67. The van der Waals surface area contributed by atoms with Crippen LogP contribution in [0.25, 0.3) is 0 Å². The molecule has 1 N–H and O–H groups in total. The fraction of sp³-hybridized carbons (Fsp3) is 0.300. The molecule has 0 saturated heterocycles. The molecule has 1 aromatic carbocycles. The standard InChI is InChI=1S/C10H10NO2/c12-10(13)9-3-1-2-7-6-11-5-4-8(7)9/h1-3H,4-6H2,(H,12,13). The summed E-state index contributed by atoms with van der Waals surface area (Å²) in [7, 11) is 0. The Hall–Kier alpha value is -1.35. The molecule has 0 spiro atoms. The molecule has 1 aliphatic heterocycles. The highest BCUT2D eigenvalue weighted by Gasteiger charge is 2.16. The second-order valence-corrected chi connectivity index (χ2v) is 3.10. The predicted molar refractivity (Wildman–Crippen MR) is 47.8 cm³/mol. The third-order valence-corrected chi connectivity index (χ3v) is 2.31. The van der Waals surface area contributed by atoms with Crippen LogP contribution in [0.3, 0.4) is 0 Å². The van der Waals surface area contributed by atoms with E-state index >= 15 is 0 Å². The molecule has 0 bridgehead atoms. The lowest BCUT2D eigenvalue weighted by atomic mass is 9.96. The highest BCUT2D eigenvalue weighted by molar-refractivity contribution is 5.89. The van der Waals surface area contributed by atoms with Crippen LogP contribution < -0.4 is 5.32 Å². The van der Waals surface area contributed by atoms with Gasteiger partial charge in [0.1, 0.15) is 0 Å². The Labute approximate surface area is 76.4 Å². The Morgan fingerprint density at radius 1 is 1.46 bits per heavy atom. The zero-order valence-electron chi connectivity index (χ0n) is 7.16. The van der Waals surface area contributed by atoms with Gasteiger partial charge in [-0.2, -0.15) is 0 Å². The molecule has 0 aromatic heterocycles. The van der Waals surface area contributed by atoms with Crippen LogP contribution in [0.4, 0.5) is 0 Å². The van der Waals surface area contributed by atoms with Crippen LogP contribution in [-0.4, -0.2) is 17.6 Å². The number of rotatable bonds is 1. The number of carboxylic acids is 1. The summed E-state index contributed by atoms with van der Waals surface area (Å²) in [5.74, 6) is -0.834. The van der Waals surface area contributed by atoms with Crippen molar-refractivity contribution in [2.24, 2.45) is 0 Å². The van der Waals surface area contributed by atoms with Crippen molar-refractivity contribution in [3.8, 4) is 0 Å². The van der Waals surface area contributed by atoms with E-state index in [1.165, 1.54) is 0 Å². The largest absolute Gasteiger partial charge is 0.478 e. The van der Waals surface area contributed by atoms with Crippen molar-refractivity contribution < 1.29 is 9.90 Å². The zero-order valence-corrected chi connectivity index (χ0v) is 7.16. The Morgan fingerprint density at radius 2 is 2.31 bits per heavy atom. The SMILES string of the molecule is O=C(O)c1cccc2c1CC[N]C2. The van der Waals surface area contributed by atoms with E-state index in [-0.39, 0.29) is 0 Å². The molecule has 3 heteroatoms. The molecule has 0 amide bonds. The molecular formula is C10H10NO2. The average molecular weight is 176 g/mol. The number of hydrogen-bond donors (Lipinski definition) is 1. The Bertz CT molecular complexity index is 347. The first kappa shape index (κ1) is 8.26. The summed E-state index contributed by atoms with van der Waals surface area (Å²) in [6.45, 7) is 1.41. The molecule has 67 valence electrons. The first-order chi connectivity index (χ1) is 6.29. The van der Waals surface area contributed by atoms with E-state index in [1.807, 2.05) is 6.07 Å². The normalized spacial score (nSPS) is 15.1. The first-order valence-corrected chi connectivity index (χ1v) is 4.26. The molecule has 2 rings (SSSR count). The predicted octanol–water partition coefficient (Wildman–Crippen LogP) is 1.05. The van der Waals surface area contributed by atoms with E-state index in [9.17, 15) is 4.79 Å². The second kappa shape index (κ2) is 3.18. The maximum Gasteiger partial charge on any atom is 0.335 e. The van der Waals surface area contributed by atoms with Crippen molar-refractivity contribution >= 4 is 5.97 Å². The van der Waals surface area contributed by atoms with Gasteiger partial charge in [-0.1, -0.05) is 12.1 Å². The van der Waals surface area contributed by atoms with Crippen molar-refractivity contribution in [2.75, 3.05) is 6.54 Å². The van der Waals surface area contributed by atoms with Gasteiger partial charge >= 0.3 is 5.97 Å². The van der Waals surface area contributed by atoms with Gasteiger partial charge in [-0.15, -0.1) is 0 Å². The molecular weight excluding hydrogens is 166 g/mol. The van der Waals surface area contributed by atoms with Gasteiger partial charge in [-0.05, 0) is 23.6 Å². The second-order valence-electron chi connectivity index (χ2n) is 3.10. The lowest BCUT2D eigenvalue weighted by Gasteiger charge is -2.17. The molecule has 0 unspecified atom stereocenters. The van der Waals surface area contributed by atoms with Crippen LogP contribution in [0, 0.1) is 0 Å². The molecule has 0 fully saturated rings. The van der Waals surface area contributed by atoms with E-state index in [4.69, 9.17) is 5.11 Å². The number of aromatic carboxylic acids is 1. The minimum atomic E-state index is -0.834. The van der Waals surface area contributed by atoms with Crippen molar-refractivity contribution in [1.29, 1.82) is 0 Å². The van der Waals surface area contributed by atoms with Crippen LogP contribution >= 0.6 is 0 Å². The molecule has 3 nitrogen and oxygen atoms in total. The lowest BCUT2D eigenvalue weighted by molar-refractivity contribution is 0.0695. The number of carbonyl (C=O) groups is 1. The molecule has 1 aromatic rings. The molecule has 1 heterocycles. The van der Waals surface area contributed by atoms with Gasteiger partial charge in [-0.3, -0.25) is 0 Å². The fourth-order valence-corrected chi connectivity index (χ4v) is 1.67. The third-order valence-electron chi connectivity index (χ3n) is 2.31. The number of nitrogens with zero attached hydrogens (tertiary/aromatic N) is 1. The zero-order chi connectivity index (χ0) is 9.26. The monoisotopic (exact) mass is 176 g/mol. The van der Waals surface area contributed by atoms with E-state index in [1.54, 1.807) is 12.1 Å². The van der Waals surface area contributed by atoms with E-state index < -0.39 is 5.97 Å². The van der Waals surface area contributed by atoms with Crippen molar-refractivity contribution in [2.45, 2.75) is 13.0 Å². The average Bonchev–Trinajstić information content (AvgIpc) is 2.17. The van der Waals surface area contributed by atoms with Crippen LogP contribution in [-0.2, 0) is 13.0 Å². The van der Waals surface area contributed by atoms with E-state index in [2.05, 4.69) is 5.32 Å². The smallest absolute Gasteiger partial charge is 0.335 e. The molecule has 1 radical (unpaired) electrons. The van der Waals surface area contributed by atoms with Crippen molar-refractivity contribution in [3.05, 3.63) is 34.9 Å². The molecule has 0 atom stereocenters. The summed E-state index contributed by atoms with van der Waals surface area (Å²) in [5, 5.41) is 13.1. The minimum absolute atomic E-state index is 0.437. The Balaban J connectivity index is 2.52. The lowest BCUT2D eigenvalue weighted by Crippen LogP contribution is -2.20. The maximum atomic E-state index is 10.8. The summed E-state index contributed by atoms with van der Waals surface area (Å²) in [6.07, 6.45) is 0.762. The highest BCUT2D eigenvalue weighted by Crippen LogP contribution is 2.18. The number of benzene rings is 1. The molecule has 13 heavy (non-hydrogen) atoms. The van der Waals surface area contributed by atoms with Gasteiger partial charge < -0.3 is 5.11 Å². The molecule has 0 saturated carbocycles. The maximum absolute atomic E-state index is 10.8. The van der Waals surface area contributed by atoms with Gasteiger partial charge in [-0.25, -0.2) is 10.1 Å². The van der Waals surface area contributed by atoms with Crippen LogP contribution in [0.1, 0.15) is 21.5 Å². The van der Waals surface area contributed by atoms with Crippen molar-refractivity contribution in [3.63, 3.8) is 0 Å². The minimum Gasteiger partial charge on any atom is -0.478 e. The molecule has 0 aliphatic carbocycles. The topological polar surface area (TPSA) is 51.4 Å². The number of hydrogen-bond acceptors (Lipinski definition) is 1. The van der Waals surface area contributed by atoms with Crippen molar-refractivity contribution in [1.82, 2.24) is 5.32 Å². The van der Waals surface area contributed by atoms with Crippen LogP contribution in [0.5, 0.6) is 0 Å². The number of fused-ring (bicyclic) bond motifs is 1.